The molecule has 0 bridgehead atoms. The lowest BCUT2D eigenvalue weighted by Gasteiger charge is -2.26. The van der Waals surface area contributed by atoms with Crippen LogP contribution in [0.25, 0.3) is 10.2 Å². The summed E-state index contributed by atoms with van der Waals surface area (Å²) < 4.78 is 28.5. The number of thiazole rings is 1. The van der Waals surface area contributed by atoms with Crippen LogP contribution in [0.4, 0.5) is 5.69 Å². The largest absolute Gasteiger partial charge is 0.291 e. The van der Waals surface area contributed by atoms with Crippen molar-refractivity contribution in [1.29, 1.82) is 0 Å². The molecule has 0 saturated heterocycles. The van der Waals surface area contributed by atoms with Crippen molar-refractivity contribution >= 4 is 37.3 Å². The maximum atomic E-state index is 13.0. The molecule has 0 unspecified atom stereocenters. The minimum Gasteiger partial charge on any atom is -0.262 e. The van der Waals surface area contributed by atoms with E-state index in [1.807, 2.05) is 56.3 Å². The lowest BCUT2D eigenvalue weighted by Crippen LogP contribution is -2.36. The van der Waals surface area contributed by atoms with Crippen molar-refractivity contribution in [2.75, 3.05) is 4.31 Å². The molecule has 0 atom stereocenters. The molecule has 0 amide bonds. The zero-order valence-corrected chi connectivity index (χ0v) is 13.9. The molecule has 0 radical (unpaired) electrons. The normalized spacial score (nSPS) is 12.0. The number of anilines is 1. The predicted octanol–water partition coefficient (Wildman–Crippen LogP) is 3.90. The molecule has 0 saturated carbocycles. The van der Waals surface area contributed by atoms with Crippen molar-refractivity contribution in [1.82, 2.24) is 4.98 Å². The Kier molecular flexibility index (Phi) is 3.88. The van der Waals surface area contributed by atoms with Crippen LogP contribution in [-0.2, 0) is 10.0 Å². The number of hydrogen-bond acceptors (Lipinski definition) is 4. The minimum absolute atomic E-state index is 0.131. The number of rotatable bonds is 4. The van der Waals surface area contributed by atoms with E-state index >= 15 is 0 Å². The van der Waals surface area contributed by atoms with Crippen LogP contribution in [0, 0.1) is 0 Å². The predicted molar refractivity (Wildman–Crippen MR) is 90.9 cm³/mol. The quantitative estimate of drug-likeness (QED) is 0.728. The summed E-state index contributed by atoms with van der Waals surface area (Å²) in [5.74, 6) is 0. The first kappa shape index (κ1) is 15.0. The van der Waals surface area contributed by atoms with Gasteiger partial charge in [-0.25, -0.2) is 4.98 Å². The molecule has 1 heterocycles. The summed E-state index contributed by atoms with van der Waals surface area (Å²) in [6.45, 7) is 3.72. The fraction of sp³-hybridized carbons (Fsp3) is 0.188. The Bertz CT molecular complexity index is 854. The molecular formula is C16H16N2O2S2. The standard InChI is InChI=1S/C16H16N2O2S2/c1-12(2)18(13-8-4-3-5-9-13)22(19,20)16-17-14-10-6-7-11-15(14)21-16/h3-12H,1-2H3. The number of sulfonamides is 1. The van der Waals surface area contributed by atoms with Crippen LogP contribution in [0.3, 0.4) is 0 Å². The van der Waals surface area contributed by atoms with E-state index in [2.05, 4.69) is 4.98 Å². The highest BCUT2D eigenvalue weighted by atomic mass is 32.2. The molecule has 3 rings (SSSR count). The van der Waals surface area contributed by atoms with E-state index in [9.17, 15) is 8.42 Å². The molecule has 4 nitrogen and oxygen atoms in total. The van der Waals surface area contributed by atoms with Crippen LogP contribution in [-0.4, -0.2) is 19.4 Å². The highest BCUT2D eigenvalue weighted by Crippen LogP contribution is 2.31. The molecule has 3 aromatic rings. The van der Waals surface area contributed by atoms with Gasteiger partial charge in [-0.15, -0.1) is 11.3 Å². The smallest absolute Gasteiger partial charge is 0.262 e. The number of fused-ring (bicyclic) bond motifs is 1. The SMILES string of the molecule is CC(C)N(c1ccccc1)S(=O)(=O)c1nc2ccccc2s1. The van der Waals surface area contributed by atoms with Crippen molar-refractivity contribution in [3.63, 3.8) is 0 Å². The molecule has 2 aromatic carbocycles. The van der Waals surface area contributed by atoms with Gasteiger partial charge in [0, 0.05) is 6.04 Å². The summed E-state index contributed by atoms with van der Waals surface area (Å²) in [5, 5.41) is 0. The lowest BCUT2D eigenvalue weighted by atomic mass is 10.3. The Morgan fingerprint density at radius 1 is 1.00 bits per heavy atom. The topological polar surface area (TPSA) is 50.3 Å². The Morgan fingerprint density at radius 2 is 1.64 bits per heavy atom. The van der Waals surface area contributed by atoms with E-state index in [1.54, 1.807) is 12.1 Å². The van der Waals surface area contributed by atoms with E-state index in [-0.39, 0.29) is 10.4 Å². The van der Waals surface area contributed by atoms with Gasteiger partial charge in [-0.3, -0.25) is 4.31 Å². The van der Waals surface area contributed by atoms with Crippen molar-refractivity contribution in [2.45, 2.75) is 24.2 Å². The summed E-state index contributed by atoms with van der Waals surface area (Å²) in [6, 6.07) is 16.4. The number of benzene rings is 2. The first-order chi connectivity index (χ1) is 10.5. The van der Waals surface area contributed by atoms with Gasteiger partial charge in [-0.1, -0.05) is 30.3 Å². The third-order valence-corrected chi connectivity index (χ3v) is 6.63. The summed E-state index contributed by atoms with van der Waals surface area (Å²) in [4.78, 5) is 4.30. The molecular weight excluding hydrogens is 316 g/mol. The Balaban J connectivity index is 2.13. The fourth-order valence-corrected chi connectivity index (χ4v) is 5.30. The van der Waals surface area contributed by atoms with Gasteiger partial charge in [0.05, 0.1) is 15.9 Å². The summed E-state index contributed by atoms with van der Waals surface area (Å²) in [6.07, 6.45) is 0. The van der Waals surface area contributed by atoms with E-state index in [0.717, 1.165) is 4.70 Å². The van der Waals surface area contributed by atoms with Crippen LogP contribution in [0.5, 0.6) is 0 Å². The Labute approximate surface area is 134 Å². The maximum Gasteiger partial charge on any atom is 0.291 e. The van der Waals surface area contributed by atoms with Crippen LogP contribution in [0.15, 0.2) is 58.9 Å². The molecule has 0 aliphatic carbocycles. The van der Waals surface area contributed by atoms with Gasteiger partial charge in [-0.2, -0.15) is 8.42 Å². The van der Waals surface area contributed by atoms with E-state index in [1.165, 1.54) is 15.6 Å². The van der Waals surface area contributed by atoms with Crippen LogP contribution in [0.2, 0.25) is 0 Å². The molecule has 0 aliphatic heterocycles. The van der Waals surface area contributed by atoms with Crippen molar-refractivity contribution < 1.29 is 8.42 Å². The van der Waals surface area contributed by atoms with Gasteiger partial charge in [0.15, 0.2) is 0 Å². The van der Waals surface area contributed by atoms with Crippen LogP contribution in [0.1, 0.15) is 13.8 Å². The highest BCUT2D eigenvalue weighted by Gasteiger charge is 2.30. The van der Waals surface area contributed by atoms with Gasteiger partial charge < -0.3 is 0 Å². The zero-order valence-electron chi connectivity index (χ0n) is 12.3. The molecule has 22 heavy (non-hydrogen) atoms. The van der Waals surface area contributed by atoms with Gasteiger partial charge in [0.2, 0.25) is 4.34 Å². The van der Waals surface area contributed by atoms with Crippen molar-refractivity contribution in [3.8, 4) is 0 Å². The van der Waals surface area contributed by atoms with Gasteiger partial charge >= 0.3 is 0 Å². The second-order valence-corrected chi connectivity index (χ2v) is 8.20. The molecule has 0 aliphatic rings. The van der Waals surface area contributed by atoms with Gasteiger partial charge in [0.25, 0.3) is 10.0 Å². The summed E-state index contributed by atoms with van der Waals surface area (Å²) in [7, 11) is -3.67. The summed E-state index contributed by atoms with van der Waals surface area (Å²) >= 11 is 1.20. The van der Waals surface area contributed by atoms with E-state index < -0.39 is 10.0 Å². The highest BCUT2D eigenvalue weighted by molar-refractivity contribution is 7.94. The molecule has 1 aromatic heterocycles. The van der Waals surface area contributed by atoms with E-state index in [0.29, 0.717) is 11.2 Å². The zero-order chi connectivity index (χ0) is 15.7. The molecule has 114 valence electrons. The molecule has 0 spiro atoms. The third-order valence-electron chi connectivity index (χ3n) is 3.23. The average molecular weight is 332 g/mol. The van der Waals surface area contributed by atoms with Crippen LogP contribution < -0.4 is 4.31 Å². The Morgan fingerprint density at radius 3 is 2.27 bits per heavy atom. The van der Waals surface area contributed by atoms with Gasteiger partial charge in [0.1, 0.15) is 0 Å². The van der Waals surface area contributed by atoms with Crippen LogP contribution >= 0.6 is 11.3 Å². The van der Waals surface area contributed by atoms with E-state index in [4.69, 9.17) is 0 Å². The summed E-state index contributed by atoms with van der Waals surface area (Å²) in [5.41, 5.74) is 1.36. The lowest BCUT2D eigenvalue weighted by molar-refractivity contribution is 0.584. The number of hydrogen-bond donors (Lipinski definition) is 0. The van der Waals surface area contributed by atoms with Crippen molar-refractivity contribution in [3.05, 3.63) is 54.6 Å². The van der Waals surface area contributed by atoms with Crippen molar-refractivity contribution in [2.24, 2.45) is 0 Å². The first-order valence-electron chi connectivity index (χ1n) is 6.95. The third kappa shape index (κ3) is 2.60. The second-order valence-electron chi connectivity index (χ2n) is 5.18. The monoisotopic (exact) mass is 332 g/mol. The minimum atomic E-state index is -3.67. The number of para-hydroxylation sites is 2. The molecule has 6 heteroatoms. The second kappa shape index (κ2) is 5.70. The fourth-order valence-electron chi connectivity index (χ4n) is 2.33. The van der Waals surface area contributed by atoms with Gasteiger partial charge in [-0.05, 0) is 38.1 Å². The molecule has 0 N–H and O–H groups in total. The Hall–Kier alpha value is -1.92. The first-order valence-corrected chi connectivity index (χ1v) is 9.21. The maximum absolute atomic E-state index is 13.0. The number of aromatic nitrogens is 1. The average Bonchev–Trinajstić information content (AvgIpc) is 2.92. The number of nitrogens with zero attached hydrogens (tertiary/aromatic N) is 2. The molecule has 0 fully saturated rings.